The van der Waals surface area contributed by atoms with Crippen molar-refractivity contribution in [2.45, 2.75) is 50.4 Å². The van der Waals surface area contributed by atoms with Gasteiger partial charge in [-0.1, -0.05) is 36.4 Å². The number of hydrogen-bond donors (Lipinski definition) is 2. The number of nitrogens with one attached hydrogen (secondary N) is 1. The van der Waals surface area contributed by atoms with Gasteiger partial charge in [0.2, 0.25) is 11.8 Å². The third-order valence-corrected chi connectivity index (χ3v) is 9.11. The molecule has 2 fully saturated rings. The quantitative estimate of drug-likeness (QED) is 0.446. The highest BCUT2D eigenvalue weighted by Gasteiger charge is 2.45. The molecule has 10 nitrogen and oxygen atoms in total. The molecule has 3 aromatic carbocycles. The second kappa shape index (κ2) is 10.3. The van der Waals surface area contributed by atoms with Gasteiger partial charge in [0.1, 0.15) is 6.04 Å². The number of fused-ring (bicyclic) bond motifs is 2. The van der Waals surface area contributed by atoms with Crippen LogP contribution in [0.5, 0.6) is 0 Å². The molecule has 0 aromatic heterocycles. The van der Waals surface area contributed by atoms with Gasteiger partial charge >= 0.3 is 0 Å². The molecule has 43 heavy (non-hydrogen) atoms. The number of carbonyl (C=O) groups is 5. The van der Waals surface area contributed by atoms with Crippen molar-refractivity contribution in [3.05, 3.63) is 100 Å². The Labute approximate surface area is 247 Å². The highest BCUT2D eigenvalue weighted by atomic mass is 16.3. The van der Waals surface area contributed by atoms with E-state index >= 15 is 0 Å². The number of para-hydroxylation sites is 1. The van der Waals surface area contributed by atoms with Crippen molar-refractivity contribution in [2.75, 3.05) is 18.0 Å². The first-order valence-electron chi connectivity index (χ1n) is 14.5. The average molecular weight is 579 g/mol. The minimum Gasteiger partial charge on any atom is -0.385 e. The number of imide groups is 2. The molecule has 2 saturated heterocycles. The Kier molecular flexibility index (Phi) is 6.48. The Morgan fingerprint density at radius 2 is 1.56 bits per heavy atom. The summed E-state index contributed by atoms with van der Waals surface area (Å²) >= 11 is 0. The maximum absolute atomic E-state index is 13.3. The Morgan fingerprint density at radius 3 is 2.30 bits per heavy atom. The second-order valence-electron chi connectivity index (χ2n) is 11.7. The standard InChI is InChI=1S/C33H30N4O6/c38-28-11-10-27(29(39)34-28)37-31(41)24-9-8-22(17-26(24)32(37)42)33(43)12-14-35(15-13-33)18-20-6-7-21-19-36(30(40)25(21)16-20)23-4-2-1-3-5-23/h1-9,16-17,27,43H,10-15,18-19H2,(H,34,38,39). The lowest BCUT2D eigenvalue weighted by atomic mass is 9.83. The third kappa shape index (κ3) is 4.63. The molecule has 1 atom stereocenters. The van der Waals surface area contributed by atoms with Crippen molar-refractivity contribution in [1.82, 2.24) is 15.1 Å². The fourth-order valence-electron chi connectivity index (χ4n) is 6.65. The summed E-state index contributed by atoms with van der Waals surface area (Å²) in [6, 6.07) is 19.4. The van der Waals surface area contributed by atoms with E-state index in [9.17, 15) is 29.1 Å². The molecular formula is C33H30N4O6. The Bertz CT molecular complexity index is 1690. The van der Waals surface area contributed by atoms with Gasteiger partial charge in [-0.2, -0.15) is 0 Å². The van der Waals surface area contributed by atoms with Crippen LogP contribution >= 0.6 is 0 Å². The molecule has 4 aliphatic heterocycles. The molecule has 7 rings (SSSR count). The van der Waals surface area contributed by atoms with Crippen LogP contribution in [-0.2, 0) is 28.3 Å². The highest BCUT2D eigenvalue weighted by Crippen LogP contribution is 2.37. The number of likely N-dealkylation sites (tertiary alicyclic amines) is 1. The van der Waals surface area contributed by atoms with Crippen molar-refractivity contribution in [2.24, 2.45) is 0 Å². The van der Waals surface area contributed by atoms with Crippen LogP contribution in [0.1, 0.15) is 73.4 Å². The molecule has 5 amide bonds. The van der Waals surface area contributed by atoms with E-state index in [0.29, 0.717) is 44.6 Å². The second-order valence-corrected chi connectivity index (χ2v) is 11.7. The van der Waals surface area contributed by atoms with Crippen LogP contribution in [0.15, 0.2) is 66.7 Å². The van der Waals surface area contributed by atoms with Gasteiger partial charge in [-0.25, -0.2) is 0 Å². The van der Waals surface area contributed by atoms with E-state index in [4.69, 9.17) is 0 Å². The smallest absolute Gasteiger partial charge is 0.262 e. The topological polar surface area (TPSA) is 127 Å². The van der Waals surface area contributed by atoms with Gasteiger partial charge in [0.15, 0.2) is 0 Å². The van der Waals surface area contributed by atoms with Crippen LogP contribution in [0.25, 0.3) is 0 Å². The van der Waals surface area contributed by atoms with Gasteiger partial charge in [0.05, 0.1) is 23.3 Å². The van der Waals surface area contributed by atoms with Crippen molar-refractivity contribution in [3.8, 4) is 0 Å². The summed E-state index contributed by atoms with van der Waals surface area (Å²) < 4.78 is 0. The normalized spacial score (nSPS) is 21.7. The molecule has 0 bridgehead atoms. The lowest BCUT2D eigenvalue weighted by molar-refractivity contribution is -0.136. The SMILES string of the molecule is O=C1CCC(N2C(=O)c3ccc(C4(O)CCN(Cc5ccc6c(c5)C(=O)N(c5ccccc5)C6)CC4)cc3C2=O)C(=O)N1. The molecule has 0 spiro atoms. The minimum atomic E-state index is -1.18. The van der Waals surface area contributed by atoms with E-state index in [1.165, 1.54) is 0 Å². The maximum atomic E-state index is 13.3. The van der Waals surface area contributed by atoms with Gasteiger partial charge in [-0.15, -0.1) is 0 Å². The number of nitrogens with zero attached hydrogens (tertiary/aromatic N) is 3. The van der Waals surface area contributed by atoms with Crippen molar-refractivity contribution < 1.29 is 29.1 Å². The fourth-order valence-corrected chi connectivity index (χ4v) is 6.65. The number of carbonyl (C=O) groups excluding carboxylic acids is 5. The van der Waals surface area contributed by atoms with Crippen LogP contribution < -0.4 is 10.2 Å². The predicted molar refractivity (Wildman–Crippen MR) is 155 cm³/mol. The largest absolute Gasteiger partial charge is 0.385 e. The van der Waals surface area contributed by atoms with E-state index in [1.54, 1.807) is 23.1 Å². The number of aliphatic hydroxyl groups is 1. The summed E-state index contributed by atoms with van der Waals surface area (Å²) in [6.07, 6.45) is 0.999. The molecule has 1 unspecified atom stereocenters. The number of benzene rings is 3. The number of piperidine rings is 2. The molecule has 2 N–H and O–H groups in total. The van der Waals surface area contributed by atoms with Gasteiger partial charge in [0.25, 0.3) is 17.7 Å². The van der Waals surface area contributed by atoms with Gasteiger partial charge in [-0.05, 0) is 66.3 Å². The first-order chi connectivity index (χ1) is 20.7. The third-order valence-electron chi connectivity index (χ3n) is 9.11. The van der Waals surface area contributed by atoms with E-state index in [1.807, 2.05) is 42.5 Å². The Balaban J connectivity index is 1.02. The zero-order valence-corrected chi connectivity index (χ0v) is 23.4. The van der Waals surface area contributed by atoms with Crippen LogP contribution in [0, 0.1) is 0 Å². The monoisotopic (exact) mass is 578 g/mol. The molecule has 4 heterocycles. The minimum absolute atomic E-state index is 0.00289. The molecule has 4 aliphatic rings. The first-order valence-corrected chi connectivity index (χ1v) is 14.5. The summed E-state index contributed by atoms with van der Waals surface area (Å²) in [5.41, 5.74) is 3.36. The summed E-state index contributed by atoms with van der Waals surface area (Å²) in [5.74, 6) is -2.24. The summed E-state index contributed by atoms with van der Waals surface area (Å²) in [5, 5.41) is 13.8. The number of rotatable bonds is 5. The van der Waals surface area contributed by atoms with Crippen LogP contribution in [0.4, 0.5) is 5.69 Å². The van der Waals surface area contributed by atoms with Crippen molar-refractivity contribution >= 4 is 35.2 Å². The molecule has 0 radical (unpaired) electrons. The summed E-state index contributed by atoms with van der Waals surface area (Å²) in [6.45, 7) is 2.39. The molecule has 218 valence electrons. The van der Waals surface area contributed by atoms with Crippen LogP contribution in [0.3, 0.4) is 0 Å². The molecule has 3 aromatic rings. The summed E-state index contributed by atoms with van der Waals surface area (Å²) in [7, 11) is 0. The fraction of sp³-hybridized carbons (Fsp3) is 0.303. The van der Waals surface area contributed by atoms with Gasteiger partial charge < -0.3 is 10.0 Å². The molecule has 0 aliphatic carbocycles. The van der Waals surface area contributed by atoms with E-state index < -0.39 is 35.3 Å². The zero-order valence-electron chi connectivity index (χ0n) is 23.4. The molecule has 0 saturated carbocycles. The van der Waals surface area contributed by atoms with E-state index in [-0.39, 0.29) is 29.9 Å². The maximum Gasteiger partial charge on any atom is 0.262 e. The highest BCUT2D eigenvalue weighted by molar-refractivity contribution is 6.23. The Morgan fingerprint density at radius 1 is 0.814 bits per heavy atom. The van der Waals surface area contributed by atoms with Gasteiger partial charge in [0, 0.05) is 37.3 Å². The first kappa shape index (κ1) is 27.2. The lowest BCUT2D eigenvalue weighted by Crippen LogP contribution is -2.54. The summed E-state index contributed by atoms with van der Waals surface area (Å²) in [4.78, 5) is 68.3. The number of anilines is 1. The lowest BCUT2D eigenvalue weighted by Gasteiger charge is -2.38. The predicted octanol–water partition coefficient (Wildman–Crippen LogP) is 2.73. The van der Waals surface area contributed by atoms with E-state index in [0.717, 1.165) is 27.3 Å². The van der Waals surface area contributed by atoms with Crippen molar-refractivity contribution in [1.29, 1.82) is 0 Å². The van der Waals surface area contributed by atoms with Crippen LogP contribution in [0.2, 0.25) is 0 Å². The molecular weight excluding hydrogens is 548 g/mol. The average Bonchev–Trinajstić information content (AvgIpc) is 3.47. The molecule has 10 heteroatoms. The zero-order chi connectivity index (χ0) is 29.9. The van der Waals surface area contributed by atoms with Crippen molar-refractivity contribution in [3.63, 3.8) is 0 Å². The van der Waals surface area contributed by atoms with Gasteiger partial charge in [-0.3, -0.25) is 39.1 Å². The number of amides is 5. The number of hydrogen-bond acceptors (Lipinski definition) is 7. The van der Waals surface area contributed by atoms with Crippen LogP contribution in [-0.4, -0.2) is 63.6 Å². The van der Waals surface area contributed by atoms with E-state index in [2.05, 4.69) is 16.3 Å². The Hall–Kier alpha value is -4.67.